The van der Waals surface area contributed by atoms with Gasteiger partial charge in [-0.05, 0) is 23.8 Å². The first-order chi connectivity index (χ1) is 10.8. The van der Waals surface area contributed by atoms with Crippen molar-refractivity contribution in [2.45, 2.75) is 13.0 Å². The topological polar surface area (TPSA) is 35.5 Å². The minimum atomic E-state index is -4.84. The molecule has 0 saturated carbocycles. The summed E-state index contributed by atoms with van der Waals surface area (Å²) in [5.74, 6) is -1.04. The Kier molecular flexibility index (Phi) is 5.63. The Morgan fingerprint density at radius 1 is 1.09 bits per heavy atom. The molecule has 3 nitrogen and oxygen atoms in total. The molecule has 0 bridgehead atoms. The predicted molar refractivity (Wildman–Crippen MR) is 78.6 cm³/mol. The van der Waals surface area contributed by atoms with Crippen LogP contribution in [0.5, 0.6) is 5.75 Å². The lowest BCUT2D eigenvalue weighted by molar-refractivity contribution is -0.274. The van der Waals surface area contributed by atoms with Gasteiger partial charge in [-0.3, -0.25) is 4.79 Å². The van der Waals surface area contributed by atoms with Crippen molar-refractivity contribution in [2.24, 2.45) is 0 Å². The monoisotopic (exact) mass is 344 g/mol. The quantitative estimate of drug-likeness (QED) is 0.716. The van der Waals surface area contributed by atoms with E-state index in [0.29, 0.717) is 0 Å². The van der Waals surface area contributed by atoms with Crippen molar-refractivity contribution in [2.75, 3.05) is 6.61 Å². The highest BCUT2D eigenvalue weighted by Gasteiger charge is 2.31. The van der Waals surface area contributed by atoms with Gasteiger partial charge >= 0.3 is 6.36 Å². The van der Waals surface area contributed by atoms with E-state index >= 15 is 0 Å². The number of hydrogen-bond donors (Lipinski definition) is 0. The summed E-state index contributed by atoms with van der Waals surface area (Å²) >= 11 is 5.85. The summed E-state index contributed by atoms with van der Waals surface area (Å²) in [6.45, 7) is -0.0903. The number of ether oxygens (including phenoxy) is 2. The highest BCUT2D eigenvalue weighted by atomic mass is 35.5. The minimum absolute atomic E-state index is 0.0350. The Hall–Kier alpha value is -2.05. The second kappa shape index (κ2) is 7.48. The van der Waals surface area contributed by atoms with Crippen LogP contribution in [0.15, 0.2) is 48.5 Å². The maximum atomic E-state index is 12.2. The molecule has 0 aromatic heterocycles. The Labute approximate surface area is 135 Å². The van der Waals surface area contributed by atoms with Gasteiger partial charge in [0.25, 0.3) is 0 Å². The van der Waals surface area contributed by atoms with E-state index < -0.39 is 17.9 Å². The second-order valence-corrected chi connectivity index (χ2v) is 5.00. The van der Waals surface area contributed by atoms with Gasteiger partial charge in [0.1, 0.15) is 12.4 Å². The highest BCUT2D eigenvalue weighted by molar-refractivity contribution is 6.34. The Balaban J connectivity index is 1.99. The summed E-state index contributed by atoms with van der Waals surface area (Å²) in [4.78, 5) is 12.0. The molecular weight excluding hydrogens is 333 g/mol. The van der Waals surface area contributed by atoms with Crippen molar-refractivity contribution in [3.63, 3.8) is 0 Å². The van der Waals surface area contributed by atoms with Crippen LogP contribution in [0, 0.1) is 0 Å². The van der Waals surface area contributed by atoms with Crippen LogP contribution in [0.2, 0.25) is 5.02 Å². The summed E-state index contributed by atoms with van der Waals surface area (Å²) < 4.78 is 45.6. The number of carbonyl (C=O) groups is 1. The lowest BCUT2D eigenvalue weighted by atomic mass is 10.1. The Morgan fingerprint density at radius 3 is 2.43 bits per heavy atom. The van der Waals surface area contributed by atoms with Gasteiger partial charge in [-0.2, -0.15) is 0 Å². The molecule has 0 atom stereocenters. The summed E-state index contributed by atoms with van der Waals surface area (Å²) in [6.07, 6.45) is -4.84. The van der Waals surface area contributed by atoms with E-state index in [4.69, 9.17) is 16.3 Å². The predicted octanol–water partition coefficient (Wildman–Crippen LogP) is 4.64. The first kappa shape index (κ1) is 17.3. The third kappa shape index (κ3) is 5.58. The molecule has 23 heavy (non-hydrogen) atoms. The molecule has 0 aliphatic heterocycles. The van der Waals surface area contributed by atoms with Gasteiger partial charge in [0.2, 0.25) is 0 Å². The SMILES string of the molecule is O=C(COCc1ccccc1)c1cc(OC(F)(F)F)ccc1Cl. The molecule has 0 radical (unpaired) electrons. The average Bonchev–Trinajstić information content (AvgIpc) is 2.49. The van der Waals surface area contributed by atoms with Gasteiger partial charge in [-0.15, -0.1) is 13.2 Å². The van der Waals surface area contributed by atoms with Gasteiger partial charge in [0, 0.05) is 5.56 Å². The molecule has 7 heteroatoms. The van der Waals surface area contributed by atoms with Crippen molar-refractivity contribution in [3.05, 3.63) is 64.7 Å². The number of benzene rings is 2. The van der Waals surface area contributed by atoms with Crippen molar-refractivity contribution in [1.82, 2.24) is 0 Å². The van der Waals surface area contributed by atoms with Crippen LogP contribution in [-0.4, -0.2) is 18.8 Å². The maximum Gasteiger partial charge on any atom is 0.573 e. The smallest absolute Gasteiger partial charge is 0.406 e. The molecule has 0 unspecified atom stereocenters. The lowest BCUT2D eigenvalue weighted by Gasteiger charge is -2.11. The number of Topliss-reactive ketones (excluding diaryl/α,β-unsaturated/α-hetero) is 1. The number of hydrogen-bond acceptors (Lipinski definition) is 3. The summed E-state index contributed by atoms with van der Waals surface area (Å²) in [5.41, 5.74) is 0.794. The van der Waals surface area contributed by atoms with Crippen LogP contribution in [0.1, 0.15) is 15.9 Å². The van der Waals surface area contributed by atoms with Crippen LogP contribution >= 0.6 is 11.6 Å². The number of alkyl halides is 3. The molecule has 0 N–H and O–H groups in total. The lowest BCUT2D eigenvalue weighted by Crippen LogP contribution is -2.17. The van der Waals surface area contributed by atoms with E-state index in [1.54, 1.807) is 0 Å². The van der Waals surface area contributed by atoms with Crippen molar-refractivity contribution in [3.8, 4) is 5.75 Å². The van der Waals surface area contributed by atoms with E-state index in [1.807, 2.05) is 30.3 Å². The van der Waals surface area contributed by atoms with Crippen LogP contribution in [0.4, 0.5) is 13.2 Å². The molecule has 0 heterocycles. The van der Waals surface area contributed by atoms with E-state index in [2.05, 4.69) is 4.74 Å². The summed E-state index contributed by atoms with van der Waals surface area (Å²) in [5, 5.41) is 0.0350. The summed E-state index contributed by atoms with van der Waals surface area (Å²) in [6, 6.07) is 12.3. The fourth-order valence-electron chi connectivity index (χ4n) is 1.83. The van der Waals surface area contributed by atoms with E-state index in [1.165, 1.54) is 6.07 Å². The van der Waals surface area contributed by atoms with Crippen molar-refractivity contribution < 1.29 is 27.4 Å². The van der Waals surface area contributed by atoms with Gasteiger partial charge in [-0.25, -0.2) is 0 Å². The Morgan fingerprint density at radius 2 is 1.78 bits per heavy atom. The van der Waals surface area contributed by atoms with Gasteiger partial charge in [0.05, 0.1) is 11.6 Å². The number of ketones is 1. The molecule has 2 aromatic carbocycles. The van der Waals surface area contributed by atoms with E-state index in [9.17, 15) is 18.0 Å². The third-order valence-electron chi connectivity index (χ3n) is 2.82. The molecule has 2 rings (SSSR count). The summed E-state index contributed by atoms with van der Waals surface area (Å²) in [7, 11) is 0. The van der Waals surface area contributed by atoms with Crippen LogP contribution in [0.25, 0.3) is 0 Å². The van der Waals surface area contributed by atoms with Gasteiger partial charge in [0.15, 0.2) is 5.78 Å². The third-order valence-corrected chi connectivity index (χ3v) is 3.15. The van der Waals surface area contributed by atoms with Crippen LogP contribution in [0.3, 0.4) is 0 Å². The molecule has 0 aliphatic carbocycles. The number of rotatable bonds is 6. The molecular formula is C16H12ClF3O3. The van der Waals surface area contributed by atoms with Crippen LogP contribution < -0.4 is 4.74 Å². The first-order valence-corrected chi connectivity index (χ1v) is 6.93. The first-order valence-electron chi connectivity index (χ1n) is 6.55. The van der Waals surface area contributed by atoms with Crippen molar-refractivity contribution in [1.29, 1.82) is 0 Å². The molecule has 0 amide bonds. The molecule has 2 aromatic rings. The Bertz CT molecular complexity index is 672. The van der Waals surface area contributed by atoms with E-state index in [-0.39, 0.29) is 23.8 Å². The largest absolute Gasteiger partial charge is 0.573 e. The molecule has 0 spiro atoms. The molecule has 0 fully saturated rings. The highest BCUT2D eigenvalue weighted by Crippen LogP contribution is 2.27. The van der Waals surface area contributed by atoms with Gasteiger partial charge < -0.3 is 9.47 Å². The number of halogens is 4. The number of carbonyl (C=O) groups excluding carboxylic acids is 1. The fourth-order valence-corrected chi connectivity index (χ4v) is 2.05. The maximum absolute atomic E-state index is 12.2. The minimum Gasteiger partial charge on any atom is -0.406 e. The molecule has 122 valence electrons. The van der Waals surface area contributed by atoms with Gasteiger partial charge in [-0.1, -0.05) is 41.9 Å². The van der Waals surface area contributed by atoms with E-state index in [0.717, 1.165) is 17.7 Å². The second-order valence-electron chi connectivity index (χ2n) is 4.59. The zero-order valence-corrected chi connectivity index (χ0v) is 12.5. The fraction of sp³-hybridized carbons (Fsp3) is 0.188. The zero-order chi connectivity index (χ0) is 16.9. The molecule has 0 aliphatic rings. The normalized spacial score (nSPS) is 11.3. The average molecular weight is 345 g/mol. The van der Waals surface area contributed by atoms with Crippen LogP contribution in [-0.2, 0) is 11.3 Å². The molecule has 0 saturated heterocycles. The standard InChI is InChI=1S/C16H12ClF3O3/c17-14-7-6-12(23-16(18,19)20)8-13(14)15(21)10-22-9-11-4-2-1-3-5-11/h1-8H,9-10H2. The van der Waals surface area contributed by atoms with Crippen molar-refractivity contribution >= 4 is 17.4 Å². The zero-order valence-electron chi connectivity index (χ0n) is 11.8.